The van der Waals surface area contributed by atoms with Crippen molar-refractivity contribution in [1.82, 2.24) is 5.32 Å². The molecule has 1 N–H and O–H groups in total. The van der Waals surface area contributed by atoms with Gasteiger partial charge >= 0.3 is 0 Å². The van der Waals surface area contributed by atoms with Gasteiger partial charge in [0.05, 0.1) is 6.04 Å². The fourth-order valence-corrected chi connectivity index (χ4v) is 2.72. The van der Waals surface area contributed by atoms with Crippen LogP contribution in [-0.2, 0) is 5.41 Å². The van der Waals surface area contributed by atoms with Crippen LogP contribution >= 0.6 is 0 Å². The summed E-state index contributed by atoms with van der Waals surface area (Å²) in [7, 11) is 0. The van der Waals surface area contributed by atoms with Crippen molar-refractivity contribution in [3.05, 3.63) is 28.8 Å². The van der Waals surface area contributed by atoms with E-state index < -0.39 is 0 Å². The van der Waals surface area contributed by atoms with Gasteiger partial charge in [-0.1, -0.05) is 45.4 Å². The summed E-state index contributed by atoms with van der Waals surface area (Å²) < 4.78 is 6.12. The van der Waals surface area contributed by atoms with Crippen LogP contribution in [0.5, 0.6) is 5.75 Å². The van der Waals surface area contributed by atoms with E-state index in [2.05, 4.69) is 59.0 Å². The minimum Gasteiger partial charge on any atom is -0.488 e. The van der Waals surface area contributed by atoms with Gasteiger partial charge in [0.25, 0.3) is 0 Å². The second kappa shape index (κ2) is 4.58. The molecule has 18 heavy (non-hydrogen) atoms. The number of hydrogen-bond acceptors (Lipinski definition) is 2. The van der Waals surface area contributed by atoms with Crippen LogP contribution in [0.15, 0.2) is 12.1 Å². The Kier molecular flexibility index (Phi) is 3.41. The molecule has 0 bridgehead atoms. The summed E-state index contributed by atoms with van der Waals surface area (Å²) in [6.45, 7) is 14.2. The molecule has 0 spiro atoms. The molecule has 2 atom stereocenters. The van der Waals surface area contributed by atoms with E-state index in [9.17, 15) is 0 Å². The zero-order chi connectivity index (χ0) is 13.5. The number of likely N-dealkylation sites (N-methyl/N-ethyl adjacent to an activating group) is 1. The molecular weight excluding hydrogens is 222 g/mol. The van der Waals surface area contributed by atoms with Gasteiger partial charge < -0.3 is 10.1 Å². The summed E-state index contributed by atoms with van der Waals surface area (Å²) in [4.78, 5) is 0. The van der Waals surface area contributed by atoms with E-state index in [1.165, 1.54) is 16.7 Å². The van der Waals surface area contributed by atoms with Gasteiger partial charge in [0.15, 0.2) is 0 Å². The lowest BCUT2D eigenvalue weighted by Crippen LogP contribution is -2.28. The van der Waals surface area contributed by atoms with E-state index in [1.54, 1.807) is 0 Å². The van der Waals surface area contributed by atoms with Crippen molar-refractivity contribution in [3.8, 4) is 5.75 Å². The molecule has 0 aromatic heterocycles. The number of ether oxygens (including phenoxy) is 1. The molecular formula is C16H25NO. The van der Waals surface area contributed by atoms with Crippen LogP contribution in [0.25, 0.3) is 0 Å². The van der Waals surface area contributed by atoms with E-state index in [-0.39, 0.29) is 11.5 Å². The maximum absolute atomic E-state index is 6.12. The Hall–Kier alpha value is -1.02. The fourth-order valence-electron chi connectivity index (χ4n) is 2.72. The maximum Gasteiger partial charge on any atom is 0.128 e. The van der Waals surface area contributed by atoms with Crippen molar-refractivity contribution in [3.63, 3.8) is 0 Å². The molecule has 0 aliphatic carbocycles. The molecule has 100 valence electrons. The summed E-state index contributed by atoms with van der Waals surface area (Å²) in [5, 5.41) is 3.53. The Bertz CT molecular complexity index is 445. The van der Waals surface area contributed by atoms with Crippen LogP contribution < -0.4 is 10.1 Å². The van der Waals surface area contributed by atoms with Crippen LogP contribution in [0, 0.1) is 6.92 Å². The molecule has 2 nitrogen and oxygen atoms in total. The first-order valence-electron chi connectivity index (χ1n) is 6.89. The van der Waals surface area contributed by atoms with E-state index in [0.29, 0.717) is 6.04 Å². The zero-order valence-corrected chi connectivity index (χ0v) is 12.4. The SMILES string of the molecule is CCNC1c2cc(C)cc(C(C)(C)C)c2OC1C. The van der Waals surface area contributed by atoms with Gasteiger partial charge in [-0.15, -0.1) is 0 Å². The first kappa shape index (κ1) is 13.4. The van der Waals surface area contributed by atoms with E-state index in [4.69, 9.17) is 4.74 Å². The molecule has 0 fully saturated rings. The molecule has 0 saturated carbocycles. The summed E-state index contributed by atoms with van der Waals surface area (Å²) >= 11 is 0. The average Bonchev–Trinajstić information content (AvgIpc) is 2.54. The van der Waals surface area contributed by atoms with Crippen LogP contribution in [0.2, 0.25) is 0 Å². The van der Waals surface area contributed by atoms with Crippen molar-refractivity contribution >= 4 is 0 Å². The number of rotatable bonds is 2. The zero-order valence-electron chi connectivity index (χ0n) is 12.4. The first-order valence-corrected chi connectivity index (χ1v) is 6.89. The molecule has 1 aliphatic rings. The lowest BCUT2D eigenvalue weighted by atomic mass is 9.83. The molecule has 1 aliphatic heterocycles. The quantitative estimate of drug-likeness (QED) is 0.860. The number of fused-ring (bicyclic) bond motifs is 1. The standard InChI is InChI=1S/C16H25NO/c1-7-17-14-11(3)18-15-12(14)8-10(2)9-13(15)16(4,5)6/h8-9,11,14,17H,7H2,1-6H3. The molecule has 1 aromatic rings. The van der Waals surface area contributed by atoms with Gasteiger partial charge in [0.1, 0.15) is 11.9 Å². The number of aryl methyl sites for hydroxylation is 1. The molecule has 0 saturated heterocycles. The second-order valence-electron chi connectivity index (χ2n) is 6.34. The predicted molar refractivity (Wildman–Crippen MR) is 76.4 cm³/mol. The largest absolute Gasteiger partial charge is 0.488 e. The Morgan fingerprint density at radius 3 is 2.50 bits per heavy atom. The van der Waals surface area contributed by atoms with Gasteiger partial charge in [-0.2, -0.15) is 0 Å². The van der Waals surface area contributed by atoms with Crippen molar-refractivity contribution in [2.24, 2.45) is 0 Å². The Labute approximate surface area is 111 Å². The van der Waals surface area contributed by atoms with Crippen LogP contribution in [0.1, 0.15) is 57.4 Å². The normalized spacial score (nSPS) is 22.8. The highest BCUT2D eigenvalue weighted by Gasteiger charge is 2.35. The Morgan fingerprint density at radius 2 is 1.94 bits per heavy atom. The highest BCUT2D eigenvalue weighted by Crippen LogP contribution is 2.44. The Morgan fingerprint density at radius 1 is 1.28 bits per heavy atom. The van der Waals surface area contributed by atoms with Gasteiger partial charge in [-0.3, -0.25) is 0 Å². The smallest absolute Gasteiger partial charge is 0.128 e. The third-order valence-electron chi connectivity index (χ3n) is 3.60. The minimum atomic E-state index is 0.122. The number of nitrogens with one attached hydrogen (secondary N) is 1. The molecule has 2 unspecified atom stereocenters. The van der Waals surface area contributed by atoms with Gasteiger partial charge in [-0.05, 0) is 25.8 Å². The average molecular weight is 247 g/mol. The van der Waals surface area contributed by atoms with E-state index in [1.807, 2.05) is 0 Å². The highest BCUT2D eigenvalue weighted by atomic mass is 16.5. The van der Waals surface area contributed by atoms with Crippen molar-refractivity contribution in [2.75, 3.05) is 6.54 Å². The molecule has 2 heteroatoms. The van der Waals surface area contributed by atoms with Crippen molar-refractivity contribution in [1.29, 1.82) is 0 Å². The lowest BCUT2D eigenvalue weighted by Gasteiger charge is -2.23. The topological polar surface area (TPSA) is 21.3 Å². The summed E-state index contributed by atoms with van der Waals surface area (Å²) in [5.74, 6) is 1.10. The summed E-state index contributed by atoms with van der Waals surface area (Å²) in [5.41, 5.74) is 4.09. The maximum atomic E-state index is 6.12. The van der Waals surface area contributed by atoms with Gasteiger partial charge in [0.2, 0.25) is 0 Å². The van der Waals surface area contributed by atoms with Crippen LogP contribution in [0.3, 0.4) is 0 Å². The summed E-state index contributed by atoms with van der Waals surface area (Å²) in [6, 6.07) is 4.85. The molecule has 1 aromatic carbocycles. The van der Waals surface area contributed by atoms with E-state index >= 15 is 0 Å². The van der Waals surface area contributed by atoms with E-state index in [0.717, 1.165) is 12.3 Å². The van der Waals surface area contributed by atoms with Crippen molar-refractivity contribution in [2.45, 2.75) is 59.1 Å². The second-order valence-corrected chi connectivity index (χ2v) is 6.34. The third kappa shape index (κ3) is 2.26. The van der Waals surface area contributed by atoms with Crippen LogP contribution in [0.4, 0.5) is 0 Å². The molecule has 1 heterocycles. The molecule has 0 amide bonds. The highest BCUT2D eigenvalue weighted by molar-refractivity contribution is 5.52. The van der Waals surface area contributed by atoms with Crippen molar-refractivity contribution < 1.29 is 4.74 Å². The van der Waals surface area contributed by atoms with Crippen LogP contribution in [-0.4, -0.2) is 12.6 Å². The molecule has 2 rings (SSSR count). The first-order chi connectivity index (χ1) is 8.34. The monoisotopic (exact) mass is 247 g/mol. The van der Waals surface area contributed by atoms with Gasteiger partial charge in [-0.25, -0.2) is 0 Å². The lowest BCUT2D eigenvalue weighted by molar-refractivity contribution is 0.207. The fraction of sp³-hybridized carbons (Fsp3) is 0.625. The summed E-state index contributed by atoms with van der Waals surface area (Å²) in [6.07, 6.45) is 0.211. The third-order valence-corrected chi connectivity index (χ3v) is 3.60. The number of hydrogen-bond donors (Lipinski definition) is 1. The predicted octanol–water partition coefficient (Wildman–Crippen LogP) is 3.72. The van der Waals surface area contributed by atoms with Gasteiger partial charge in [0, 0.05) is 11.1 Å². The minimum absolute atomic E-state index is 0.122. The number of benzene rings is 1. The Balaban J connectivity index is 2.54. The molecule has 0 radical (unpaired) electrons.